The molecule has 1 aromatic carbocycles. The number of nitrogens with zero attached hydrogens (tertiary/aromatic N) is 4. The van der Waals surface area contributed by atoms with Crippen LogP contribution >= 0.6 is 0 Å². The van der Waals surface area contributed by atoms with E-state index in [0.717, 1.165) is 32.2 Å². The molecule has 0 radical (unpaired) electrons. The topological polar surface area (TPSA) is 86.3 Å². The summed E-state index contributed by atoms with van der Waals surface area (Å²) in [5.41, 5.74) is 0.469. The maximum atomic E-state index is 14.0. The largest absolute Gasteiger partial charge is 0.619 e. The van der Waals surface area contributed by atoms with Crippen LogP contribution in [0.25, 0.3) is 5.69 Å². The van der Waals surface area contributed by atoms with Crippen LogP contribution in [0.2, 0.25) is 0 Å². The van der Waals surface area contributed by atoms with Gasteiger partial charge in [0.25, 0.3) is 0 Å². The van der Waals surface area contributed by atoms with E-state index in [1.807, 2.05) is 6.07 Å². The van der Waals surface area contributed by atoms with Crippen LogP contribution < -0.4 is 14.9 Å². The van der Waals surface area contributed by atoms with Gasteiger partial charge in [-0.15, -0.1) is 0 Å². The summed E-state index contributed by atoms with van der Waals surface area (Å²) < 4.78 is 21.9. The lowest BCUT2D eigenvalue weighted by Gasteiger charge is -2.35. The Morgan fingerprint density at radius 3 is 2.81 bits per heavy atom. The van der Waals surface area contributed by atoms with Crippen molar-refractivity contribution in [2.24, 2.45) is 5.92 Å². The Balaban J connectivity index is 1.16. The number of amides is 1. The van der Waals surface area contributed by atoms with Crippen LogP contribution in [0.1, 0.15) is 25.7 Å². The fourth-order valence-electron chi connectivity index (χ4n) is 4.53. The summed E-state index contributed by atoms with van der Waals surface area (Å²) >= 11 is 0. The van der Waals surface area contributed by atoms with E-state index in [2.05, 4.69) is 10.4 Å². The van der Waals surface area contributed by atoms with Crippen molar-refractivity contribution in [3.05, 3.63) is 72.1 Å². The van der Waals surface area contributed by atoms with Crippen molar-refractivity contribution >= 4 is 17.6 Å². The zero-order valence-corrected chi connectivity index (χ0v) is 17.5. The Hall–Kier alpha value is -3.62. The number of para-hydroxylation sites is 1. The number of hydrogen-bond acceptors (Lipinski definition) is 5. The van der Waals surface area contributed by atoms with Crippen LogP contribution in [-0.4, -0.2) is 34.6 Å². The second-order valence-electron chi connectivity index (χ2n) is 8.48. The molecule has 32 heavy (non-hydrogen) atoms. The summed E-state index contributed by atoms with van der Waals surface area (Å²) in [5.74, 6) is 0.801. The first kappa shape index (κ1) is 20.3. The molecule has 0 unspecified atom stereocenters. The molecular formula is C23H24FN5O3. The van der Waals surface area contributed by atoms with E-state index in [0.29, 0.717) is 34.4 Å². The molecule has 1 spiro atoms. The van der Waals surface area contributed by atoms with Crippen molar-refractivity contribution in [2.75, 3.05) is 23.3 Å². The van der Waals surface area contributed by atoms with Crippen molar-refractivity contribution in [2.45, 2.75) is 31.3 Å². The minimum Gasteiger partial charge on any atom is -0.619 e. The molecule has 2 aliphatic rings. The van der Waals surface area contributed by atoms with Gasteiger partial charge in [-0.05, 0) is 49.8 Å². The number of rotatable bonds is 5. The van der Waals surface area contributed by atoms with Crippen LogP contribution in [0, 0.1) is 16.9 Å². The molecule has 3 heterocycles. The van der Waals surface area contributed by atoms with Gasteiger partial charge in [0.05, 0.1) is 6.54 Å². The number of anilines is 2. The average molecular weight is 437 g/mol. The zero-order chi connectivity index (χ0) is 22.1. The normalized spacial score (nSPS) is 22.8. The Morgan fingerprint density at radius 1 is 1.22 bits per heavy atom. The quantitative estimate of drug-likeness (QED) is 0.487. The van der Waals surface area contributed by atoms with Crippen molar-refractivity contribution in [3.8, 4) is 5.69 Å². The average Bonchev–Trinajstić information content (AvgIpc) is 3.38. The summed E-state index contributed by atoms with van der Waals surface area (Å²) in [4.78, 5) is 14.0. The summed E-state index contributed by atoms with van der Waals surface area (Å²) in [5, 5.41) is 19.3. The van der Waals surface area contributed by atoms with Gasteiger partial charge in [0.2, 0.25) is 6.20 Å². The highest BCUT2D eigenvalue weighted by atomic mass is 19.1. The summed E-state index contributed by atoms with van der Waals surface area (Å²) in [6.07, 6.45) is 7.49. The SMILES string of the molecule is O=C1O[C@]2(CC[C@H](CNc3ccn(-c4ccccc4F)n3)CC2)CN1c1ccc[n+]([O-])c1. The number of aromatic nitrogens is 3. The van der Waals surface area contributed by atoms with Crippen LogP contribution in [0.5, 0.6) is 0 Å². The standard InChI is InChI=1S/C23H24FN5O3/c24-19-5-1-2-6-20(19)29-13-9-21(26-29)25-14-17-7-10-23(11-8-17)16-28(22(30)32-23)18-4-3-12-27(31)15-18/h1-6,9,12-13,15,17H,7-8,10-11,14,16H2,(H,25,26)/t17-,23-. The molecule has 1 aliphatic heterocycles. The van der Waals surface area contributed by atoms with Gasteiger partial charge in [0, 0.05) is 24.9 Å². The third kappa shape index (κ3) is 3.98. The number of ether oxygens (including phenoxy) is 1. The Bertz CT molecular complexity index is 1130. The molecule has 1 saturated carbocycles. The second kappa shape index (κ2) is 8.14. The van der Waals surface area contributed by atoms with Crippen LogP contribution in [0.15, 0.2) is 61.1 Å². The first-order valence-electron chi connectivity index (χ1n) is 10.8. The van der Waals surface area contributed by atoms with Gasteiger partial charge in [-0.2, -0.15) is 9.83 Å². The predicted molar refractivity (Wildman–Crippen MR) is 116 cm³/mol. The van der Waals surface area contributed by atoms with Crippen LogP contribution in [-0.2, 0) is 4.74 Å². The number of hydrogen-bond donors (Lipinski definition) is 1. The fourth-order valence-corrected chi connectivity index (χ4v) is 4.53. The lowest BCUT2D eigenvalue weighted by Crippen LogP contribution is -2.40. The predicted octanol–water partition coefficient (Wildman–Crippen LogP) is 3.64. The highest BCUT2D eigenvalue weighted by Crippen LogP contribution is 2.40. The second-order valence-corrected chi connectivity index (χ2v) is 8.48. The summed E-state index contributed by atoms with van der Waals surface area (Å²) in [6, 6.07) is 11.7. The van der Waals surface area contributed by atoms with Crippen molar-refractivity contribution < 1.29 is 18.7 Å². The molecule has 1 saturated heterocycles. The smallest absolute Gasteiger partial charge is 0.415 e. The van der Waals surface area contributed by atoms with Crippen LogP contribution in [0.3, 0.4) is 0 Å². The number of carbonyl (C=O) groups is 1. The minimum atomic E-state index is -0.496. The monoisotopic (exact) mass is 437 g/mol. The number of benzene rings is 1. The van der Waals surface area contributed by atoms with Gasteiger partial charge in [-0.3, -0.25) is 4.90 Å². The molecule has 166 valence electrons. The maximum absolute atomic E-state index is 14.0. The Morgan fingerprint density at radius 2 is 2.03 bits per heavy atom. The fraction of sp³-hybridized carbons (Fsp3) is 0.348. The summed E-state index contributed by atoms with van der Waals surface area (Å²) in [7, 11) is 0. The molecule has 2 aromatic heterocycles. The molecule has 5 rings (SSSR count). The maximum Gasteiger partial charge on any atom is 0.415 e. The van der Waals surface area contributed by atoms with E-state index in [9.17, 15) is 14.4 Å². The van der Waals surface area contributed by atoms with Gasteiger partial charge < -0.3 is 15.3 Å². The van der Waals surface area contributed by atoms with E-state index >= 15 is 0 Å². The van der Waals surface area contributed by atoms with E-state index in [-0.39, 0.29) is 5.82 Å². The van der Waals surface area contributed by atoms with E-state index in [1.54, 1.807) is 41.4 Å². The first-order chi connectivity index (χ1) is 15.5. The van der Waals surface area contributed by atoms with E-state index < -0.39 is 11.7 Å². The molecule has 3 aromatic rings. The molecule has 0 atom stereocenters. The number of pyridine rings is 1. The zero-order valence-electron chi connectivity index (χ0n) is 17.5. The first-order valence-corrected chi connectivity index (χ1v) is 10.8. The number of halogens is 1. The number of carbonyl (C=O) groups excluding carboxylic acids is 1. The molecule has 9 heteroatoms. The summed E-state index contributed by atoms with van der Waals surface area (Å²) in [6.45, 7) is 1.21. The minimum absolute atomic E-state index is 0.319. The Labute approximate surface area is 184 Å². The molecule has 1 N–H and O–H groups in total. The van der Waals surface area contributed by atoms with Gasteiger partial charge in [0.1, 0.15) is 28.6 Å². The van der Waals surface area contributed by atoms with Crippen molar-refractivity contribution in [1.29, 1.82) is 0 Å². The molecule has 1 amide bonds. The van der Waals surface area contributed by atoms with Gasteiger partial charge in [-0.1, -0.05) is 12.1 Å². The highest BCUT2D eigenvalue weighted by Gasteiger charge is 2.48. The van der Waals surface area contributed by atoms with Crippen molar-refractivity contribution in [1.82, 2.24) is 9.78 Å². The highest BCUT2D eigenvalue weighted by molar-refractivity contribution is 5.89. The number of nitrogens with one attached hydrogen (secondary N) is 1. The van der Waals surface area contributed by atoms with E-state index in [4.69, 9.17) is 4.74 Å². The molecular weight excluding hydrogens is 413 g/mol. The van der Waals surface area contributed by atoms with Gasteiger partial charge >= 0.3 is 6.09 Å². The molecule has 2 fully saturated rings. The lowest BCUT2D eigenvalue weighted by atomic mass is 9.78. The van der Waals surface area contributed by atoms with Crippen molar-refractivity contribution in [3.63, 3.8) is 0 Å². The third-order valence-electron chi connectivity index (χ3n) is 6.32. The van der Waals surface area contributed by atoms with Gasteiger partial charge in [-0.25, -0.2) is 13.9 Å². The Kier molecular flexibility index (Phi) is 5.16. The molecule has 1 aliphatic carbocycles. The van der Waals surface area contributed by atoms with Crippen LogP contribution in [0.4, 0.5) is 20.7 Å². The van der Waals surface area contributed by atoms with E-state index in [1.165, 1.54) is 23.1 Å². The lowest BCUT2D eigenvalue weighted by molar-refractivity contribution is -0.604. The third-order valence-corrected chi connectivity index (χ3v) is 6.32. The molecule has 0 bridgehead atoms. The van der Waals surface area contributed by atoms with Gasteiger partial charge in [0.15, 0.2) is 6.20 Å². The molecule has 8 nitrogen and oxygen atoms in total.